The van der Waals surface area contributed by atoms with Crippen LogP contribution in [0, 0.1) is 11.3 Å². The van der Waals surface area contributed by atoms with Gasteiger partial charge in [0.1, 0.15) is 0 Å². The molecule has 18 heavy (non-hydrogen) atoms. The van der Waals surface area contributed by atoms with Gasteiger partial charge in [0.2, 0.25) is 0 Å². The Morgan fingerprint density at radius 1 is 1.28 bits per heavy atom. The van der Waals surface area contributed by atoms with E-state index in [1.807, 2.05) is 36.0 Å². The largest absolute Gasteiger partial charge is 0.309 e. The normalized spacial score (nSPS) is 23.6. The van der Waals surface area contributed by atoms with Crippen molar-refractivity contribution in [2.75, 3.05) is 6.26 Å². The van der Waals surface area contributed by atoms with Crippen molar-refractivity contribution in [2.45, 2.75) is 43.5 Å². The summed E-state index contributed by atoms with van der Waals surface area (Å²) in [6.07, 6.45) is 7.57. The highest BCUT2D eigenvalue weighted by Gasteiger charge is 2.23. The topological polar surface area (TPSA) is 35.8 Å². The van der Waals surface area contributed by atoms with Crippen molar-refractivity contribution in [1.29, 1.82) is 5.26 Å². The molecule has 1 aliphatic carbocycles. The number of nitriles is 1. The number of thioether (sulfide) groups is 1. The monoisotopic (exact) mass is 260 g/mol. The van der Waals surface area contributed by atoms with Crippen LogP contribution < -0.4 is 5.32 Å². The third-order valence-electron chi connectivity index (χ3n) is 3.66. The first kappa shape index (κ1) is 13.5. The molecule has 1 N–H and O–H groups in total. The Labute approximate surface area is 114 Å². The third-order valence-corrected chi connectivity index (χ3v) is 4.83. The average Bonchev–Trinajstić information content (AvgIpc) is 2.46. The Morgan fingerprint density at radius 3 is 2.67 bits per heavy atom. The summed E-state index contributed by atoms with van der Waals surface area (Å²) in [6.45, 7) is 0.910. The van der Waals surface area contributed by atoms with Crippen LogP contribution in [0.2, 0.25) is 0 Å². The fraction of sp³-hybridized carbons (Fsp3) is 0.533. The minimum Gasteiger partial charge on any atom is -0.309 e. The van der Waals surface area contributed by atoms with Gasteiger partial charge in [-0.15, -0.1) is 0 Å². The van der Waals surface area contributed by atoms with E-state index in [1.54, 1.807) is 0 Å². The van der Waals surface area contributed by atoms with Crippen LogP contribution in [0.4, 0.5) is 0 Å². The van der Waals surface area contributed by atoms with Crippen LogP contribution >= 0.6 is 11.8 Å². The van der Waals surface area contributed by atoms with E-state index in [1.165, 1.54) is 31.2 Å². The molecule has 0 spiro atoms. The molecule has 1 saturated carbocycles. The van der Waals surface area contributed by atoms with Crippen molar-refractivity contribution < 1.29 is 0 Å². The third kappa shape index (κ3) is 3.51. The summed E-state index contributed by atoms with van der Waals surface area (Å²) in [4.78, 5) is 0. The summed E-state index contributed by atoms with van der Waals surface area (Å²) in [5, 5.41) is 13.2. The highest BCUT2D eigenvalue weighted by molar-refractivity contribution is 7.99. The van der Waals surface area contributed by atoms with Crippen LogP contribution in [0.1, 0.15) is 36.8 Å². The molecule has 2 nitrogen and oxygen atoms in total. The van der Waals surface area contributed by atoms with Crippen LogP contribution in [0.25, 0.3) is 0 Å². The number of nitrogens with zero attached hydrogens (tertiary/aromatic N) is 1. The molecule has 0 bridgehead atoms. The van der Waals surface area contributed by atoms with Crippen molar-refractivity contribution in [2.24, 2.45) is 0 Å². The molecule has 0 amide bonds. The van der Waals surface area contributed by atoms with Gasteiger partial charge in [-0.25, -0.2) is 0 Å². The molecule has 1 aromatic rings. The lowest BCUT2D eigenvalue weighted by Crippen LogP contribution is -2.39. The zero-order valence-corrected chi connectivity index (χ0v) is 11.7. The lowest BCUT2D eigenvalue weighted by atomic mass is 9.94. The molecule has 0 saturated heterocycles. The fourth-order valence-corrected chi connectivity index (χ4v) is 3.52. The standard InChI is InChI=1S/C15H20N2S/c1-18-15-5-3-2-4-14(15)17-11-13-8-6-12(10-16)7-9-13/h6-9,14-15,17H,2-5,11H2,1H3. The lowest BCUT2D eigenvalue weighted by Gasteiger charge is -2.31. The number of hydrogen-bond donors (Lipinski definition) is 1. The van der Waals surface area contributed by atoms with Gasteiger partial charge in [0, 0.05) is 17.8 Å². The summed E-state index contributed by atoms with van der Waals surface area (Å²) < 4.78 is 0. The maximum absolute atomic E-state index is 8.76. The second-order valence-electron chi connectivity index (χ2n) is 4.85. The maximum atomic E-state index is 8.76. The Hall–Kier alpha value is -0.980. The summed E-state index contributed by atoms with van der Waals surface area (Å²) in [6, 6.07) is 10.7. The van der Waals surface area contributed by atoms with Crippen LogP contribution in [0.3, 0.4) is 0 Å². The van der Waals surface area contributed by atoms with E-state index in [9.17, 15) is 0 Å². The summed E-state index contributed by atoms with van der Waals surface area (Å²) in [5.41, 5.74) is 2.00. The molecule has 0 radical (unpaired) electrons. The quantitative estimate of drug-likeness (QED) is 0.902. The molecule has 2 unspecified atom stereocenters. The van der Waals surface area contributed by atoms with Gasteiger partial charge in [-0.1, -0.05) is 25.0 Å². The molecule has 1 aromatic carbocycles. The predicted molar refractivity (Wildman–Crippen MR) is 77.6 cm³/mol. The van der Waals surface area contributed by atoms with E-state index in [0.717, 1.165) is 17.4 Å². The number of hydrogen-bond acceptors (Lipinski definition) is 3. The van der Waals surface area contributed by atoms with E-state index < -0.39 is 0 Å². The fourth-order valence-electron chi connectivity index (χ4n) is 2.56. The molecular formula is C15H20N2S. The van der Waals surface area contributed by atoms with Crippen molar-refractivity contribution in [1.82, 2.24) is 5.32 Å². The number of nitrogens with one attached hydrogen (secondary N) is 1. The molecule has 0 aromatic heterocycles. The van der Waals surface area contributed by atoms with Gasteiger partial charge < -0.3 is 5.32 Å². The maximum Gasteiger partial charge on any atom is 0.0991 e. The second-order valence-corrected chi connectivity index (χ2v) is 5.93. The Kier molecular flexibility index (Phi) is 5.10. The van der Waals surface area contributed by atoms with Crippen LogP contribution in [0.15, 0.2) is 24.3 Å². The Balaban J connectivity index is 1.87. The van der Waals surface area contributed by atoms with Gasteiger partial charge >= 0.3 is 0 Å². The zero-order valence-electron chi connectivity index (χ0n) is 10.9. The van der Waals surface area contributed by atoms with Crippen molar-refractivity contribution in [3.63, 3.8) is 0 Å². The van der Waals surface area contributed by atoms with Gasteiger partial charge in [-0.3, -0.25) is 0 Å². The van der Waals surface area contributed by atoms with E-state index in [4.69, 9.17) is 5.26 Å². The highest BCUT2D eigenvalue weighted by atomic mass is 32.2. The lowest BCUT2D eigenvalue weighted by molar-refractivity contribution is 0.383. The van der Waals surface area contributed by atoms with Crippen LogP contribution in [-0.2, 0) is 6.54 Å². The first-order chi connectivity index (χ1) is 8.83. The zero-order chi connectivity index (χ0) is 12.8. The molecular weight excluding hydrogens is 240 g/mol. The number of rotatable bonds is 4. The Morgan fingerprint density at radius 2 is 2.00 bits per heavy atom. The molecule has 3 heteroatoms. The average molecular weight is 260 g/mol. The minimum absolute atomic E-state index is 0.643. The molecule has 1 aliphatic rings. The van der Waals surface area contributed by atoms with Crippen LogP contribution in [0.5, 0.6) is 0 Å². The van der Waals surface area contributed by atoms with Gasteiger partial charge in [0.25, 0.3) is 0 Å². The summed E-state index contributed by atoms with van der Waals surface area (Å²) in [5.74, 6) is 0. The summed E-state index contributed by atoms with van der Waals surface area (Å²) in [7, 11) is 0. The highest BCUT2D eigenvalue weighted by Crippen LogP contribution is 2.27. The molecule has 1 fully saturated rings. The molecule has 96 valence electrons. The Bertz CT molecular complexity index is 407. The van der Waals surface area contributed by atoms with Crippen molar-refractivity contribution in [3.8, 4) is 6.07 Å². The summed E-state index contributed by atoms with van der Waals surface area (Å²) >= 11 is 1.99. The van der Waals surface area contributed by atoms with Gasteiger partial charge in [0.15, 0.2) is 0 Å². The molecule has 0 heterocycles. The first-order valence-corrected chi connectivity index (χ1v) is 7.87. The molecule has 2 atom stereocenters. The minimum atomic E-state index is 0.643. The van der Waals surface area contributed by atoms with E-state index in [2.05, 4.69) is 17.6 Å². The van der Waals surface area contributed by atoms with E-state index in [-0.39, 0.29) is 0 Å². The predicted octanol–water partition coefficient (Wildman–Crippen LogP) is 3.32. The van der Waals surface area contributed by atoms with Gasteiger partial charge in [-0.05, 0) is 36.8 Å². The second kappa shape index (κ2) is 6.82. The van der Waals surface area contributed by atoms with E-state index >= 15 is 0 Å². The van der Waals surface area contributed by atoms with E-state index in [0.29, 0.717) is 6.04 Å². The smallest absolute Gasteiger partial charge is 0.0991 e. The molecule has 0 aliphatic heterocycles. The van der Waals surface area contributed by atoms with Crippen molar-refractivity contribution in [3.05, 3.63) is 35.4 Å². The van der Waals surface area contributed by atoms with Crippen LogP contribution in [-0.4, -0.2) is 17.5 Å². The SMILES string of the molecule is CSC1CCCCC1NCc1ccc(C#N)cc1. The van der Waals surface area contributed by atoms with Gasteiger partial charge in [-0.2, -0.15) is 17.0 Å². The number of benzene rings is 1. The van der Waals surface area contributed by atoms with Gasteiger partial charge in [0.05, 0.1) is 11.6 Å². The van der Waals surface area contributed by atoms with Crippen molar-refractivity contribution >= 4 is 11.8 Å². The first-order valence-electron chi connectivity index (χ1n) is 6.58. The molecule has 2 rings (SSSR count).